The van der Waals surface area contributed by atoms with Crippen LogP contribution in [0.3, 0.4) is 0 Å². The summed E-state index contributed by atoms with van der Waals surface area (Å²) in [5.74, 6) is -1.12. The highest BCUT2D eigenvalue weighted by Gasteiger charge is 2.24. The summed E-state index contributed by atoms with van der Waals surface area (Å²) in [6.07, 6.45) is 3.30. The van der Waals surface area contributed by atoms with Gasteiger partial charge in [0.2, 0.25) is 0 Å². The number of rotatable bonds is 7. The fraction of sp³-hybridized carbons (Fsp3) is 0.182. The molecular formula is C22H20N2O5S. The normalized spacial score (nSPS) is 13.6. The Hall–Kier alpha value is -3.39. The summed E-state index contributed by atoms with van der Waals surface area (Å²) in [5.41, 5.74) is 1.25. The van der Waals surface area contributed by atoms with Gasteiger partial charge in [-0.15, -0.1) is 0 Å². The highest BCUT2D eigenvalue weighted by molar-refractivity contribution is 7.90. The van der Waals surface area contributed by atoms with Crippen LogP contribution in [0.1, 0.15) is 39.3 Å². The maximum Gasteiger partial charge on any atom is 0.291 e. The van der Waals surface area contributed by atoms with Gasteiger partial charge >= 0.3 is 0 Å². The van der Waals surface area contributed by atoms with E-state index < -0.39 is 15.7 Å². The molecule has 0 aliphatic heterocycles. The largest absolute Gasteiger partial charge is 0.459 e. The molecule has 154 valence electrons. The number of hydrogen-bond donors (Lipinski definition) is 2. The van der Waals surface area contributed by atoms with E-state index in [1.807, 2.05) is 0 Å². The molecule has 7 nitrogen and oxygen atoms in total. The van der Waals surface area contributed by atoms with Crippen molar-refractivity contribution in [3.05, 3.63) is 83.8 Å². The summed E-state index contributed by atoms with van der Waals surface area (Å²) >= 11 is 0. The van der Waals surface area contributed by atoms with Gasteiger partial charge in [-0.1, -0.05) is 18.2 Å². The summed E-state index contributed by atoms with van der Waals surface area (Å²) in [7, 11) is -3.62. The lowest BCUT2D eigenvalue weighted by Crippen LogP contribution is -2.25. The molecule has 1 aromatic heterocycles. The van der Waals surface area contributed by atoms with Crippen molar-refractivity contribution in [3.63, 3.8) is 0 Å². The molecule has 0 unspecified atom stereocenters. The fourth-order valence-corrected chi connectivity index (χ4v) is 4.33. The van der Waals surface area contributed by atoms with Gasteiger partial charge < -0.3 is 15.1 Å². The van der Waals surface area contributed by atoms with Gasteiger partial charge in [0, 0.05) is 22.9 Å². The number of hydrogen-bond acceptors (Lipinski definition) is 5. The van der Waals surface area contributed by atoms with Crippen LogP contribution in [-0.2, 0) is 15.6 Å². The van der Waals surface area contributed by atoms with Crippen molar-refractivity contribution in [1.29, 1.82) is 0 Å². The van der Waals surface area contributed by atoms with Gasteiger partial charge in [-0.3, -0.25) is 9.59 Å². The van der Waals surface area contributed by atoms with Crippen LogP contribution < -0.4 is 10.6 Å². The lowest BCUT2D eigenvalue weighted by Gasteiger charge is -2.08. The Bertz CT molecular complexity index is 1160. The van der Waals surface area contributed by atoms with Gasteiger partial charge in [-0.2, -0.15) is 0 Å². The van der Waals surface area contributed by atoms with Crippen LogP contribution in [0.25, 0.3) is 0 Å². The standard InChI is InChI=1S/C22H20N2O5S/c25-21(23-18-10-11-18)15-6-8-17(9-7-15)24-22(26)20-16(12-13-29-20)14-30(27,28)19-4-2-1-3-5-19/h1-9,12-13,18H,10-11,14H2,(H,23,25)(H,24,26). The molecular weight excluding hydrogens is 404 g/mol. The van der Waals surface area contributed by atoms with Gasteiger partial charge in [0.15, 0.2) is 15.6 Å². The number of furan rings is 1. The van der Waals surface area contributed by atoms with E-state index in [0.29, 0.717) is 11.3 Å². The predicted molar refractivity (Wildman–Crippen MR) is 111 cm³/mol. The van der Waals surface area contributed by atoms with Gasteiger partial charge in [-0.05, 0) is 55.3 Å². The van der Waals surface area contributed by atoms with E-state index in [-0.39, 0.29) is 33.9 Å². The molecule has 0 bridgehead atoms. The number of sulfone groups is 1. The van der Waals surface area contributed by atoms with Crippen LogP contribution in [-0.4, -0.2) is 26.3 Å². The molecule has 4 rings (SSSR count). The summed E-state index contributed by atoms with van der Waals surface area (Å²) in [6.45, 7) is 0. The molecule has 0 atom stereocenters. The van der Waals surface area contributed by atoms with Crippen molar-refractivity contribution in [3.8, 4) is 0 Å². The molecule has 1 aliphatic rings. The lowest BCUT2D eigenvalue weighted by molar-refractivity contribution is 0.0950. The first-order valence-electron chi connectivity index (χ1n) is 9.49. The SMILES string of the molecule is O=C(NC1CC1)c1ccc(NC(=O)c2occc2CS(=O)(=O)c2ccccc2)cc1. The lowest BCUT2D eigenvalue weighted by atomic mass is 10.2. The summed E-state index contributed by atoms with van der Waals surface area (Å²) < 4.78 is 30.5. The highest BCUT2D eigenvalue weighted by atomic mass is 32.2. The first kappa shape index (κ1) is 19.9. The quantitative estimate of drug-likeness (QED) is 0.605. The second kappa shape index (κ2) is 8.16. The average molecular weight is 424 g/mol. The van der Waals surface area contributed by atoms with E-state index >= 15 is 0 Å². The van der Waals surface area contributed by atoms with Crippen LogP contribution in [0.5, 0.6) is 0 Å². The van der Waals surface area contributed by atoms with Crippen LogP contribution in [0.15, 0.2) is 76.2 Å². The highest BCUT2D eigenvalue weighted by Crippen LogP contribution is 2.22. The van der Waals surface area contributed by atoms with E-state index in [2.05, 4.69) is 10.6 Å². The molecule has 0 spiro atoms. The van der Waals surface area contributed by atoms with Crippen LogP contribution in [0, 0.1) is 0 Å². The summed E-state index contributed by atoms with van der Waals surface area (Å²) in [4.78, 5) is 24.8. The van der Waals surface area contributed by atoms with E-state index in [9.17, 15) is 18.0 Å². The van der Waals surface area contributed by atoms with Crippen molar-refractivity contribution < 1.29 is 22.4 Å². The smallest absolute Gasteiger partial charge is 0.291 e. The number of amides is 2. The Morgan fingerprint density at radius 3 is 2.30 bits per heavy atom. The van der Waals surface area contributed by atoms with Crippen LogP contribution in [0.4, 0.5) is 5.69 Å². The molecule has 1 aliphatic carbocycles. The summed E-state index contributed by atoms with van der Waals surface area (Å²) in [5, 5.41) is 5.57. The molecule has 3 aromatic rings. The molecule has 8 heteroatoms. The Morgan fingerprint density at radius 2 is 1.63 bits per heavy atom. The molecule has 0 saturated heterocycles. The van der Waals surface area contributed by atoms with Crippen molar-refractivity contribution in [2.24, 2.45) is 0 Å². The van der Waals surface area contributed by atoms with Crippen molar-refractivity contribution in [2.45, 2.75) is 29.5 Å². The van der Waals surface area contributed by atoms with Crippen LogP contribution in [0.2, 0.25) is 0 Å². The zero-order valence-electron chi connectivity index (χ0n) is 16.0. The second-order valence-corrected chi connectivity index (χ2v) is 9.12. The van der Waals surface area contributed by atoms with Crippen molar-refractivity contribution in [1.82, 2.24) is 5.32 Å². The van der Waals surface area contributed by atoms with Crippen molar-refractivity contribution >= 4 is 27.3 Å². The fourth-order valence-electron chi connectivity index (χ4n) is 2.95. The van der Waals surface area contributed by atoms with Gasteiger partial charge in [0.25, 0.3) is 11.8 Å². The molecule has 1 heterocycles. The molecule has 1 saturated carbocycles. The molecule has 1 fully saturated rings. The molecule has 2 N–H and O–H groups in total. The third-order valence-corrected chi connectivity index (χ3v) is 6.40. The minimum Gasteiger partial charge on any atom is -0.459 e. The van der Waals surface area contributed by atoms with Gasteiger partial charge in [-0.25, -0.2) is 8.42 Å². The number of anilines is 1. The maximum absolute atomic E-state index is 12.6. The monoisotopic (exact) mass is 424 g/mol. The minimum absolute atomic E-state index is 0.0648. The zero-order chi connectivity index (χ0) is 21.1. The zero-order valence-corrected chi connectivity index (χ0v) is 16.8. The molecule has 2 aromatic carbocycles. The number of carbonyl (C=O) groups is 2. The third kappa shape index (κ3) is 4.60. The Kier molecular flexibility index (Phi) is 5.41. The number of benzene rings is 2. The van der Waals surface area contributed by atoms with Crippen molar-refractivity contribution in [2.75, 3.05) is 5.32 Å². The third-order valence-electron chi connectivity index (χ3n) is 4.72. The van der Waals surface area contributed by atoms with E-state index in [1.165, 1.54) is 24.5 Å². The van der Waals surface area contributed by atoms with E-state index in [1.54, 1.807) is 42.5 Å². The van der Waals surface area contributed by atoms with E-state index in [4.69, 9.17) is 4.42 Å². The molecule has 0 radical (unpaired) electrons. The predicted octanol–water partition coefficient (Wildman–Crippen LogP) is 3.40. The Labute approximate surface area is 174 Å². The van der Waals surface area contributed by atoms with E-state index in [0.717, 1.165) is 12.8 Å². The number of nitrogens with one attached hydrogen (secondary N) is 2. The number of carbonyl (C=O) groups excluding carboxylic acids is 2. The first-order chi connectivity index (χ1) is 14.4. The Balaban J connectivity index is 1.44. The molecule has 2 amide bonds. The minimum atomic E-state index is -3.62. The topological polar surface area (TPSA) is 105 Å². The second-order valence-electron chi connectivity index (χ2n) is 7.13. The van der Waals surface area contributed by atoms with Gasteiger partial charge in [0.1, 0.15) is 0 Å². The van der Waals surface area contributed by atoms with Gasteiger partial charge in [0.05, 0.1) is 16.9 Å². The summed E-state index contributed by atoms with van der Waals surface area (Å²) in [6, 6.07) is 16.2. The Morgan fingerprint density at radius 1 is 0.933 bits per heavy atom. The molecule has 30 heavy (non-hydrogen) atoms. The maximum atomic E-state index is 12.6. The first-order valence-corrected chi connectivity index (χ1v) is 11.1. The average Bonchev–Trinajstić information content (AvgIpc) is 3.44. The van der Waals surface area contributed by atoms with Crippen LogP contribution >= 0.6 is 0 Å².